The highest BCUT2D eigenvalue weighted by molar-refractivity contribution is 7.70. The van der Waals surface area contributed by atoms with E-state index >= 15 is 0 Å². The molecule has 90 valence electrons. The monoisotopic (exact) mass is 242 g/mol. The molecule has 0 spiro atoms. The van der Waals surface area contributed by atoms with E-state index in [1.54, 1.807) is 0 Å². The van der Waals surface area contributed by atoms with E-state index in [0.717, 1.165) is 23.1 Å². The fourth-order valence-electron chi connectivity index (χ4n) is 1.58. The largest absolute Gasteiger partial charge is 0.324 e. The van der Waals surface area contributed by atoms with Crippen LogP contribution in [0, 0.1) is 0 Å². The molecule has 16 heavy (non-hydrogen) atoms. The van der Waals surface area contributed by atoms with Gasteiger partial charge in [0.2, 0.25) is 10.9 Å². The first kappa shape index (κ1) is 13.2. The number of hydrogen-bond donors (Lipinski definition) is 3. The summed E-state index contributed by atoms with van der Waals surface area (Å²) in [5.74, 6) is 0. The molecule has 0 amide bonds. The molecule has 0 saturated carbocycles. The number of hydrogen-bond acceptors (Lipinski definition) is 3. The van der Waals surface area contributed by atoms with Crippen LogP contribution in [-0.2, 0) is 23.9 Å². The van der Waals surface area contributed by atoms with Gasteiger partial charge < -0.3 is 5.73 Å². The molecule has 1 aromatic carbocycles. The van der Waals surface area contributed by atoms with Gasteiger partial charge in [0.1, 0.15) is 0 Å². The molecular formula is C11H18N2O2S. The van der Waals surface area contributed by atoms with Gasteiger partial charge in [0.25, 0.3) is 0 Å². The summed E-state index contributed by atoms with van der Waals surface area (Å²) < 4.78 is 23.3. The Morgan fingerprint density at radius 3 is 2.56 bits per heavy atom. The Labute approximate surface area is 97.9 Å². The molecule has 1 rings (SSSR count). The lowest BCUT2D eigenvalue weighted by molar-refractivity contribution is 0.601. The predicted octanol–water partition coefficient (Wildman–Crippen LogP) is 0.885. The first-order chi connectivity index (χ1) is 7.54. The van der Waals surface area contributed by atoms with Crippen LogP contribution in [0.25, 0.3) is 0 Å². The second kappa shape index (κ2) is 5.98. The highest BCUT2D eigenvalue weighted by Crippen LogP contribution is 2.17. The standard InChI is InChI=1S/C11H18N2O2S/c1-3-9-6-10(8(2)12)4-5-11(9)7-13-16(14)15/h4-6,8,16H,3,7,12H2,1-2H3,(H,13,14,15)/t8-/m1/s1. The van der Waals surface area contributed by atoms with Gasteiger partial charge in [-0.25, -0.2) is 13.1 Å². The fraction of sp³-hybridized carbons (Fsp3) is 0.455. The van der Waals surface area contributed by atoms with Gasteiger partial charge in [-0.3, -0.25) is 0 Å². The second-order valence-corrected chi connectivity index (χ2v) is 4.59. The lowest BCUT2D eigenvalue weighted by atomic mass is 9.99. The fourth-order valence-corrected chi connectivity index (χ4v) is 1.88. The van der Waals surface area contributed by atoms with Gasteiger partial charge in [-0.15, -0.1) is 0 Å². The SMILES string of the molecule is CCc1cc([C@@H](C)N)ccc1CN[SH](=O)=O. The molecule has 0 aromatic heterocycles. The van der Waals surface area contributed by atoms with Crippen molar-refractivity contribution in [3.8, 4) is 0 Å². The third-order valence-electron chi connectivity index (χ3n) is 2.54. The zero-order chi connectivity index (χ0) is 12.1. The third-order valence-corrected chi connectivity index (χ3v) is 2.95. The average Bonchev–Trinajstić information content (AvgIpc) is 2.25. The van der Waals surface area contributed by atoms with E-state index in [2.05, 4.69) is 4.72 Å². The summed E-state index contributed by atoms with van der Waals surface area (Å²) in [6, 6.07) is 5.92. The maximum atomic E-state index is 10.5. The first-order valence-electron chi connectivity index (χ1n) is 5.29. The average molecular weight is 242 g/mol. The van der Waals surface area contributed by atoms with Crippen LogP contribution >= 0.6 is 0 Å². The predicted molar refractivity (Wildman–Crippen MR) is 65.6 cm³/mol. The summed E-state index contributed by atoms with van der Waals surface area (Å²) in [4.78, 5) is 0. The lowest BCUT2D eigenvalue weighted by Crippen LogP contribution is -2.13. The minimum atomic E-state index is -2.54. The summed E-state index contributed by atoms with van der Waals surface area (Å²) >= 11 is 0. The maximum absolute atomic E-state index is 10.5. The van der Waals surface area contributed by atoms with E-state index in [9.17, 15) is 8.42 Å². The van der Waals surface area contributed by atoms with Crippen molar-refractivity contribution in [3.63, 3.8) is 0 Å². The highest BCUT2D eigenvalue weighted by atomic mass is 32.2. The molecule has 0 radical (unpaired) electrons. The Morgan fingerprint density at radius 1 is 1.38 bits per heavy atom. The Kier molecular flexibility index (Phi) is 4.92. The minimum Gasteiger partial charge on any atom is -0.324 e. The van der Waals surface area contributed by atoms with Gasteiger partial charge >= 0.3 is 0 Å². The van der Waals surface area contributed by atoms with E-state index in [0.29, 0.717) is 6.54 Å². The number of rotatable bonds is 5. The van der Waals surface area contributed by atoms with E-state index in [-0.39, 0.29) is 6.04 Å². The van der Waals surface area contributed by atoms with Gasteiger partial charge in [-0.05, 0) is 30.0 Å². The molecular weight excluding hydrogens is 224 g/mol. The molecule has 3 N–H and O–H groups in total. The normalized spacial score (nSPS) is 13.0. The van der Waals surface area contributed by atoms with Crippen molar-refractivity contribution in [2.24, 2.45) is 5.73 Å². The molecule has 0 fully saturated rings. The molecule has 0 bridgehead atoms. The molecule has 0 aliphatic rings. The molecule has 4 nitrogen and oxygen atoms in total. The lowest BCUT2D eigenvalue weighted by Gasteiger charge is -2.11. The Bertz CT molecular complexity index is 420. The highest BCUT2D eigenvalue weighted by Gasteiger charge is 2.05. The number of nitrogens with one attached hydrogen (secondary N) is 1. The van der Waals surface area contributed by atoms with Gasteiger partial charge in [0.15, 0.2) is 0 Å². The van der Waals surface area contributed by atoms with Crippen molar-refractivity contribution >= 4 is 10.9 Å². The molecule has 1 atom stereocenters. The van der Waals surface area contributed by atoms with Crippen LogP contribution in [0.2, 0.25) is 0 Å². The van der Waals surface area contributed by atoms with Crippen molar-refractivity contribution < 1.29 is 8.42 Å². The van der Waals surface area contributed by atoms with Crippen molar-refractivity contribution in [1.82, 2.24) is 4.72 Å². The smallest absolute Gasteiger partial charge is 0.201 e. The van der Waals surface area contributed by atoms with E-state index < -0.39 is 10.9 Å². The molecule has 1 aromatic rings. The van der Waals surface area contributed by atoms with Crippen molar-refractivity contribution in [2.45, 2.75) is 32.9 Å². The van der Waals surface area contributed by atoms with Crippen LogP contribution in [0.1, 0.15) is 36.6 Å². The van der Waals surface area contributed by atoms with Crippen LogP contribution in [0.5, 0.6) is 0 Å². The third kappa shape index (κ3) is 3.59. The van der Waals surface area contributed by atoms with Crippen LogP contribution in [0.15, 0.2) is 18.2 Å². The Balaban J connectivity index is 2.92. The summed E-state index contributed by atoms with van der Waals surface area (Å²) in [7, 11) is -2.54. The number of benzene rings is 1. The molecule has 0 aliphatic carbocycles. The number of nitrogens with two attached hydrogens (primary N) is 1. The number of aryl methyl sites for hydroxylation is 1. The molecule has 0 heterocycles. The van der Waals surface area contributed by atoms with Crippen LogP contribution in [0.3, 0.4) is 0 Å². The van der Waals surface area contributed by atoms with Crippen molar-refractivity contribution in [3.05, 3.63) is 34.9 Å². The summed E-state index contributed by atoms with van der Waals surface area (Å²) in [5, 5.41) is 0. The summed E-state index contributed by atoms with van der Waals surface area (Å²) in [5.41, 5.74) is 9.02. The Morgan fingerprint density at radius 2 is 2.06 bits per heavy atom. The zero-order valence-corrected chi connectivity index (χ0v) is 10.5. The van der Waals surface area contributed by atoms with Gasteiger partial charge in [-0.2, -0.15) is 0 Å². The zero-order valence-electron chi connectivity index (χ0n) is 9.56. The minimum absolute atomic E-state index is 0.00319. The van der Waals surface area contributed by atoms with Gasteiger partial charge in [0.05, 0.1) is 0 Å². The molecule has 5 heteroatoms. The summed E-state index contributed by atoms with van der Waals surface area (Å²) in [6.07, 6.45) is 0.868. The van der Waals surface area contributed by atoms with E-state index in [4.69, 9.17) is 5.73 Å². The van der Waals surface area contributed by atoms with Crippen molar-refractivity contribution in [2.75, 3.05) is 0 Å². The van der Waals surface area contributed by atoms with E-state index in [1.807, 2.05) is 32.0 Å². The van der Waals surface area contributed by atoms with Crippen LogP contribution < -0.4 is 10.5 Å². The molecule has 0 saturated heterocycles. The van der Waals surface area contributed by atoms with Crippen molar-refractivity contribution in [1.29, 1.82) is 0 Å². The topological polar surface area (TPSA) is 72.2 Å². The number of thiol groups is 1. The maximum Gasteiger partial charge on any atom is 0.201 e. The van der Waals surface area contributed by atoms with E-state index in [1.165, 1.54) is 0 Å². The second-order valence-electron chi connectivity index (χ2n) is 3.76. The summed E-state index contributed by atoms with van der Waals surface area (Å²) in [6.45, 7) is 4.32. The van der Waals surface area contributed by atoms with Crippen LogP contribution in [-0.4, -0.2) is 8.42 Å². The van der Waals surface area contributed by atoms with Gasteiger partial charge in [0, 0.05) is 12.6 Å². The molecule has 0 unspecified atom stereocenters. The molecule has 0 aliphatic heterocycles. The first-order valence-corrected chi connectivity index (χ1v) is 6.47. The van der Waals surface area contributed by atoms with Crippen LogP contribution in [0.4, 0.5) is 0 Å². The van der Waals surface area contributed by atoms with Gasteiger partial charge in [-0.1, -0.05) is 25.1 Å². The quantitative estimate of drug-likeness (QED) is 0.671. The Hall–Kier alpha value is -0.910.